The Morgan fingerprint density at radius 1 is 1.19 bits per heavy atom. The maximum absolute atomic E-state index is 13.8. The molecule has 3 rings (SSSR count). The third kappa shape index (κ3) is 4.01. The minimum Gasteiger partial charge on any atom is -0.459 e. The number of nitro groups is 1. The number of hydrogen-bond donors (Lipinski definition) is 2. The molecule has 0 spiro atoms. The van der Waals surface area contributed by atoms with Crippen LogP contribution in [0, 0.1) is 22.9 Å². The molecule has 138 valence electrons. The molecule has 0 unspecified atom stereocenters. The van der Waals surface area contributed by atoms with Crippen LogP contribution < -0.4 is 10.6 Å². The molecule has 27 heavy (non-hydrogen) atoms. The molecular formula is C17H12FN3O5S. The van der Waals surface area contributed by atoms with Gasteiger partial charge in [0, 0.05) is 12.1 Å². The van der Waals surface area contributed by atoms with Gasteiger partial charge in [0.2, 0.25) is 0 Å². The van der Waals surface area contributed by atoms with Crippen LogP contribution >= 0.6 is 11.3 Å². The van der Waals surface area contributed by atoms with Crippen LogP contribution in [0.2, 0.25) is 0 Å². The maximum Gasteiger partial charge on any atom is 0.291 e. The Hall–Kier alpha value is -3.53. The lowest BCUT2D eigenvalue weighted by Gasteiger charge is -2.05. The fourth-order valence-corrected chi connectivity index (χ4v) is 3.22. The van der Waals surface area contributed by atoms with Crippen LogP contribution in [0.5, 0.6) is 0 Å². The molecule has 0 radical (unpaired) electrons. The van der Waals surface area contributed by atoms with Gasteiger partial charge in [0.05, 0.1) is 26.8 Å². The zero-order valence-corrected chi connectivity index (χ0v) is 14.6. The molecule has 2 heterocycles. The SMILES string of the molecule is Cc1cc(NC(=O)c2ccco2)sc1C(=O)Nc1cc([N+](=O)[O-])ccc1F. The maximum atomic E-state index is 13.8. The highest BCUT2D eigenvalue weighted by atomic mass is 32.1. The number of benzene rings is 1. The highest BCUT2D eigenvalue weighted by molar-refractivity contribution is 7.18. The molecule has 10 heteroatoms. The van der Waals surface area contributed by atoms with Gasteiger partial charge in [-0.05, 0) is 36.8 Å². The van der Waals surface area contributed by atoms with Crippen molar-refractivity contribution in [2.75, 3.05) is 10.6 Å². The molecule has 1 aromatic carbocycles. The molecule has 0 saturated carbocycles. The molecule has 2 N–H and O–H groups in total. The number of aryl methyl sites for hydroxylation is 1. The van der Waals surface area contributed by atoms with Crippen LogP contribution in [0.4, 0.5) is 20.8 Å². The molecule has 0 bridgehead atoms. The molecule has 0 aliphatic heterocycles. The first-order valence-electron chi connectivity index (χ1n) is 7.55. The monoisotopic (exact) mass is 389 g/mol. The number of rotatable bonds is 5. The Morgan fingerprint density at radius 2 is 1.96 bits per heavy atom. The smallest absolute Gasteiger partial charge is 0.291 e. The largest absolute Gasteiger partial charge is 0.459 e. The molecule has 0 atom stereocenters. The Kier molecular flexibility index (Phi) is 4.99. The summed E-state index contributed by atoms with van der Waals surface area (Å²) in [5.74, 6) is -1.80. The summed E-state index contributed by atoms with van der Waals surface area (Å²) < 4.78 is 18.8. The quantitative estimate of drug-likeness (QED) is 0.501. The van der Waals surface area contributed by atoms with Crippen LogP contribution in [0.1, 0.15) is 25.8 Å². The second kappa shape index (κ2) is 7.38. The Labute approximate surface area is 155 Å². The molecular weight excluding hydrogens is 377 g/mol. The van der Waals surface area contributed by atoms with E-state index in [4.69, 9.17) is 4.42 Å². The first kappa shape index (κ1) is 18.3. The van der Waals surface area contributed by atoms with E-state index in [0.29, 0.717) is 10.6 Å². The van der Waals surface area contributed by atoms with Gasteiger partial charge in [-0.3, -0.25) is 19.7 Å². The van der Waals surface area contributed by atoms with Crippen LogP contribution in [0.3, 0.4) is 0 Å². The molecule has 0 saturated heterocycles. The van der Waals surface area contributed by atoms with Gasteiger partial charge in [-0.1, -0.05) is 0 Å². The minimum absolute atomic E-state index is 0.116. The fourth-order valence-electron chi connectivity index (χ4n) is 2.25. The van der Waals surface area contributed by atoms with E-state index in [2.05, 4.69) is 10.6 Å². The van der Waals surface area contributed by atoms with Crippen molar-refractivity contribution in [2.24, 2.45) is 0 Å². The summed E-state index contributed by atoms with van der Waals surface area (Å²) in [4.78, 5) is 34.8. The van der Waals surface area contributed by atoms with Gasteiger partial charge in [0.25, 0.3) is 17.5 Å². The summed E-state index contributed by atoms with van der Waals surface area (Å²) in [6, 6.07) is 7.50. The van der Waals surface area contributed by atoms with Crippen LogP contribution in [-0.2, 0) is 0 Å². The number of anilines is 2. The minimum atomic E-state index is -0.797. The summed E-state index contributed by atoms with van der Waals surface area (Å²) in [6.07, 6.45) is 1.36. The number of non-ortho nitro benzene ring substituents is 1. The van der Waals surface area contributed by atoms with Crippen molar-refractivity contribution >= 4 is 39.5 Å². The number of furan rings is 1. The van der Waals surface area contributed by atoms with Gasteiger partial charge < -0.3 is 15.1 Å². The number of halogens is 1. The summed E-state index contributed by atoms with van der Waals surface area (Å²) in [7, 11) is 0. The third-order valence-electron chi connectivity index (χ3n) is 3.51. The first-order chi connectivity index (χ1) is 12.8. The Balaban J connectivity index is 1.78. The highest BCUT2D eigenvalue weighted by Gasteiger charge is 2.19. The van der Waals surface area contributed by atoms with Crippen molar-refractivity contribution in [3.8, 4) is 0 Å². The molecule has 2 aromatic heterocycles. The van der Waals surface area contributed by atoms with Crippen LogP contribution in [-0.4, -0.2) is 16.7 Å². The number of carbonyl (C=O) groups is 2. The van der Waals surface area contributed by atoms with Gasteiger partial charge >= 0.3 is 0 Å². The van der Waals surface area contributed by atoms with Gasteiger partial charge in [0.1, 0.15) is 5.82 Å². The number of hydrogen-bond acceptors (Lipinski definition) is 6. The van der Waals surface area contributed by atoms with Gasteiger partial charge in [-0.2, -0.15) is 0 Å². The molecule has 0 aliphatic rings. The van der Waals surface area contributed by atoms with Gasteiger partial charge in [-0.15, -0.1) is 11.3 Å². The van der Waals surface area contributed by atoms with E-state index in [1.54, 1.807) is 19.1 Å². The van der Waals surface area contributed by atoms with E-state index < -0.39 is 22.6 Å². The predicted molar refractivity (Wildman–Crippen MR) is 96.7 cm³/mol. The lowest BCUT2D eigenvalue weighted by Crippen LogP contribution is -2.12. The number of carbonyl (C=O) groups excluding carboxylic acids is 2. The fraction of sp³-hybridized carbons (Fsp3) is 0.0588. The van der Waals surface area contributed by atoms with Crippen molar-refractivity contribution in [1.82, 2.24) is 0 Å². The van der Waals surface area contributed by atoms with Crippen molar-refractivity contribution in [1.29, 1.82) is 0 Å². The lowest BCUT2D eigenvalue weighted by atomic mass is 10.2. The van der Waals surface area contributed by atoms with E-state index in [0.717, 1.165) is 29.5 Å². The second-order valence-electron chi connectivity index (χ2n) is 5.43. The number of amides is 2. The summed E-state index contributed by atoms with van der Waals surface area (Å²) in [5, 5.41) is 16.1. The average Bonchev–Trinajstić information content (AvgIpc) is 3.26. The molecule has 0 aliphatic carbocycles. The van der Waals surface area contributed by atoms with E-state index in [9.17, 15) is 24.1 Å². The number of nitro benzene ring substituents is 1. The summed E-state index contributed by atoms with van der Waals surface area (Å²) >= 11 is 0.987. The van der Waals surface area contributed by atoms with Crippen molar-refractivity contribution in [3.63, 3.8) is 0 Å². The van der Waals surface area contributed by atoms with Crippen molar-refractivity contribution in [3.05, 3.63) is 74.8 Å². The molecule has 3 aromatic rings. The molecule has 0 fully saturated rings. The molecule has 8 nitrogen and oxygen atoms in total. The Morgan fingerprint density at radius 3 is 2.63 bits per heavy atom. The number of nitrogens with one attached hydrogen (secondary N) is 2. The average molecular weight is 389 g/mol. The summed E-state index contributed by atoms with van der Waals surface area (Å²) in [5.41, 5.74) is -0.0951. The Bertz CT molecular complexity index is 1030. The van der Waals surface area contributed by atoms with E-state index in [1.165, 1.54) is 12.3 Å². The van der Waals surface area contributed by atoms with Crippen molar-refractivity contribution < 1.29 is 23.3 Å². The van der Waals surface area contributed by atoms with Gasteiger partial charge in [0.15, 0.2) is 5.76 Å². The second-order valence-corrected chi connectivity index (χ2v) is 6.48. The zero-order valence-electron chi connectivity index (χ0n) is 13.8. The molecule has 2 amide bonds. The topological polar surface area (TPSA) is 114 Å². The lowest BCUT2D eigenvalue weighted by molar-refractivity contribution is -0.384. The third-order valence-corrected chi connectivity index (χ3v) is 4.67. The number of nitrogens with zero attached hydrogens (tertiary/aromatic N) is 1. The van der Waals surface area contributed by atoms with E-state index in [-0.39, 0.29) is 22.0 Å². The normalized spacial score (nSPS) is 10.4. The predicted octanol–water partition coefficient (Wildman–Crippen LogP) is 4.20. The van der Waals surface area contributed by atoms with E-state index in [1.807, 2.05) is 0 Å². The van der Waals surface area contributed by atoms with E-state index >= 15 is 0 Å². The van der Waals surface area contributed by atoms with Crippen molar-refractivity contribution in [2.45, 2.75) is 6.92 Å². The van der Waals surface area contributed by atoms with Crippen LogP contribution in [0.15, 0.2) is 47.1 Å². The van der Waals surface area contributed by atoms with Gasteiger partial charge in [-0.25, -0.2) is 4.39 Å². The first-order valence-corrected chi connectivity index (χ1v) is 8.37. The standard InChI is InChI=1S/C17H12FN3O5S/c1-9-7-14(20-16(22)13-3-2-6-26-13)27-15(9)17(23)19-12-8-10(21(24)25)4-5-11(12)18/h2-8H,1H3,(H,19,23)(H,20,22). The van der Waals surface area contributed by atoms with Crippen LogP contribution in [0.25, 0.3) is 0 Å². The zero-order chi connectivity index (χ0) is 19.6. The highest BCUT2D eigenvalue weighted by Crippen LogP contribution is 2.29. The summed E-state index contributed by atoms with van der Waals surface area (Å²) in [6.45, 7) is 1.65. The number of thiophene rings is 1.